The third-order valence-corrected chi connectivity index (χ3v) is 3.80. The van der Waals surface area contributed by atoms with Gasteiger partial charge in [-0.25, -0.2) is 8.42 Å². The number of rotatable bonds is 5. The number of ether oxygens (including phenoxy) is 1. The van der Waals surface area contributed by atoms with Gasteiger partial charge in [0.25, 0.3) is 0 Å². The first-order chi connectivity index (χ1) is 8.57. The van der Waals surface area contributed by atoms with Crippen molar-refractivity contribution < 1.29 is 18.3 Å². The highest BCUT2D eigenvalue weighted by atomic mass is 32.2. The molecule has 1 rings (SSSR count). The van der Waals surface area contributed by atoms with E-state index >= 15 is 0 Å². The molecule has 0 amide bonds. The Morgan fingerprint density at radius 2 is 2.22 bits per heavy atom. The van der Waals surface area contributed by atoms with Crippen LogP contribution in [0.4, 0.5) is 0 Å². The van der Waals surface area contributed by atoms with E-state index < -0.39 is 9.84 Å². The fraction of sp³-hybridized carbons (Fsp3) is 0.417. The molecule has 1 aromatic rings. The molecular weight excluding hydrogens is 254 g/mol. The second-order valence-electron chi connectivity index (χ2n) is 3.45. The van der Waals surface area contributed by atoms with Gasteiger partial charge >= 0.3 is 0 Å². The first-order valence-electron chi connectivity index (χ1n) is 5.45. The van der Waals surface area contributed by atoms with Gasteiger partial charge in [0.2, 0.25) is 0 Å². The topological polar surface area (TPSA) is 76.5 Å². The second kappa shape index (κ2) is 6.99. The minimum absolute atomic E-state index is 0.0178. The van der Waals surface area contributed by atoms with Crippen molar-refractivity contribution in [2.24, 2.45) is 0 Å². The van der Waals surface area contributed by atoms with Crippen molar-refractivity contribution in [1.82, 2.24) is 4.98 Å². The standard InChI is InChI=1S/C12H15NO4S/c1-2-18(15,16)7-6-17-12-8-11(4-3-5-14)9-13-10-12/h8-10,14H,2,5-7H2,1H3. The number of pyridine rings is 1. The maximum absolute atomic E-state index is 11.3. The quantitative estimate of drug-likeness (QED) is 0.775. The fourth-order valence-electron chi connectivity index (χ4n) is 1.14. The molecule has 0 aromatic carbocycles. The zero-order chi connectivity index (χ0) is 13.4. The monoisotopic (exact) mass is 269 g/mol. The van der Waals surface area contributed by atoms with E-state index in [4.69, 9.17) is 9.84 Å². The lowest BCUT2D eigenvalue weighted by molar-refractivity contribution is 0.339. The predicted octanol–water partition coefficient (Wildman–Crippen LogP) is 0.239. The molecule has 0 aliphatic carbocycles. The Labute approximate surface area is 107 Å². The zero-order valence-electron chi connectivity index (χ0n) is 10.1. The van der Waals surface area contributed by atoms with Crippen LogP contribution in [0.1, 0.15) is 12.5 Å². The fourth-order valence-corrected chi connectivity index (χ4v) is 1.76. The largest absolute Gasteiger partial charge is 0.491 e. The van der Waals surface area contributed by atoms with Gasteiger partial charge in [-0.05, 0) is 6.07 Å². The number of aromatic nitrogens is 1. The summed E-state index contributed by atoms with van der Waals surface area (Å²) < 4.78 is 27.8. The van der Waals surface area contributed by atoms with Crippen LogP contribution in [0, 0.1) is 11.8 Å². The SMILES string of the molecule is CCS(=O)(=O)CCOc1cncc(C#CCO)c1. The number of aliphatic hydroxyl groups excluding tert-OH is 1. The van der Waals surface area contributed by atoms with Gasteiger partial charge in [0.15, 0.2) is 9.84 Å². The van der Waals surface area contributed by atoms with Gasteiger partial charge in [0.1, 0.15) is 19.0 Å². The van der Waals surface area contributed by atoms with Crippen LogP contribution in [-0.2, 0) is 9.84 Å². The third-order valence-electron chi connectivity index (χ3n) is 2.13. The Morgan fingerprint density at radius 3 is 2.89 bits per heavy atom. The molecule has 0 bridgehead atoms. The van der Waals surface area contributed by atoms with Crippen molar-refractivity contribution in [2.45, 2.75) is 6.92 Å². The van der Waals surface area contributed by atoms with E-state index in [2.05, 4.69) is 16.8 Å². The first-order valence-corrected chi connectivity index (χ1v) is 7.27. The van der Waals surface area contributed by atoms with Gasteiger partial charge in [0.05, 0.1) is 11.9 Å². The maximum atomic E-state index is 11.3. The molecule has 0 unspecified atom stereocenters. The van der Waals surface area contributed by atoms with Crippen LogP contribution in [0.3, 0.4) is 0 Å². The maximum Gasteiger partial charge on any atom is 0.153 e. The Balaban J connectivity index is 2.58. The number of hydrogen-bond donors (Lipinski definition) is 1. The van der Waals surface area contributed by atoms with E-state index in [0.717, 1.165) is 0 Å². The number of sulfone groups is 1. The Bertz CT molecular complexity index is 543. The highest BCUT2D eigenvalue weighted by molar-refractivity contribution is 7.91. The third kappa shape index (κ3) is 5.17. The number of hydrogen-bond acceptors (Lipinski definition) is 5. The second-order valence-corrected chi connectivity index (χ2v) is 5.93. The van der Waals surface area contributed by atoms with Crippen LogP contribution in [0.15, 0.2) is 18.5 Å². The van der Waals surface area contributed by atoms with E-state index in [0.29, 0.717) is 11.3 Å². The molecule has 1 aromatic heterocycles. The summed E-state index contributed by atoms with van der Waals surface area (Å²) in [5.74, 6) is 5.74. The number of nitrogens with zero attached hydrogens (tertiary/aromatic N) is 1. The van der Waals surface area contributed by atoms with Crippen LogP contribution in [-0.4, -0.2) is 43.2 Å². The summed E-state index contributed by atoms with van der Waals surface area (Å²) in [6, 6.07) is 1.65. The van der Waals surface area contributed by atoms with E-state index in [1.807, 2.05) is 0 Å². The van der Waals surface area contributed by atoms with Crippen LogP contribution in [0.2, 0.25) is 0 Å². The molecule has 0 saturated heterocycles. The molecule has 0 aliphatic rings. The average Bonchev–Trinajstić information content (AvgIpc) is 2.37. The van der Waals surface area contributed by atoms with Crippen molar-refractivity contribution in [3.8, 4) is 17.6 Å². The summed E-state index contributed by atoms with van der Waals surface area (Å²) in [4.78, 5) is 3.91. The van der Waals surface area contributed by atoms with E-state index in [9.17, 15) is 8.42 Å². The van der Waals surface area contributed by atoms with Gasteiger partial charge in [-0.2, -0.15) is 0 Å². The van der Waals surface area contributed by atoms with Gasteiger partial charge in [-0.1, -0.05) is 18.8 Å². The summed E-state index contributed by atoms with van der Waals surface area (Å²) in [5.41, 5.74) is 0.611. The van der Waals surface area contributed by atoms with Gasteiger partial charge in [-0.3, -0.25) is 4.98 Å². The van der Waals surface area contributed by atoms with E-state index in [-0.39, 0.29) is 24.7 Å². The van der Waals surface area contributed by atoms with Crippen LogP contribution < -0.4 is 4.74 Å². The summed E-state index contributed by atoms with van der Waals surface area (Å²) in [7, 11) is -3.02. The molecule has 0 atom stereocenters. The molecule has 0 radical (unpaired) electrons. The van der Waals surface area contributed by atoms with Crippen LogP contribution in [0.5, 0.6) is 5.75 Å². The van der Waals surface area contributed by atoms with Gasteiger partial charge in [0, 0.05) is 17.5 Å². The lowest BCUT2D eigenvalue weighted by Gasteiger charge is -2.05. The van der Waals surface area contributed by atoms with Crippen molar-refractivity contribution in [2.75, 3.05) is 24.7 Å². The van der Waals surface area contributed by atoms with Crippen molar-refractivity contribution >= 4 is 9.84 Å². The highest BCUT2D eigenvalue weighted by Gasteiger charge is 2.07. The summed E-state index contributed by atoms with van der Waals surface area (Å²) >= 11 is 0. The molecule has 1 N–H and O–H groups in total. The van der Waals surface area contributed by atoms with E-state index in [1.54, 1.807) is 13.0 Å². The molecule has 0 fully saturated rings. The predicted molar refractivity (Wildman–Crippen MR) is 68.0 cm³/mol. The molecule has 0 spiro atoms. The molecule has 18 heavy (non-hydrogen) atoms. The molecule has 0 saturated carbocycles. The van der Waals surface area contributed by atoms with Crippen molar-refractivity contribution in [3.05, 3.63) is 24.0 Å². The molecular formula is C12H15NO4S. The molecule has 0 aliphatic heterocycles. The van der Waals surface area contributed by atoms with Crippen molar-refractivity contribution in [3.63, 3.8) is 0 Å². The van der Waals surface area contributed by atoms with Gasteiger partial charge in [-0.15, -0.1) is 0 Å². The van der Waals surface area contributed by atoms with Crippen molar-refractivity contribution in [1.29, 1.82) is 0 Å². The summed E-state index contributed by atoms with van der Waals surface area (Å²) in [5, 5.41) is 8.56. The number of aliphatic hydroxyl groups is 1. The van der Waals surface area contributed by atoms with E-state index in [1.165, 1.54) is 12.4 Å². The zero-order valence-corrected chi connectivity index (χ0v) is 10.9. The van der Waals surface area contributed by atoms with Crippen LogP contribution >= 0.6 is 0 Å². The minimum atomic E-state index is -3.02. The highest BCUT2D eigenvalue weighted by Crippen LogP contribution is 2.10. The Hall–Kier alpha value is -1.58. The normalized spacial score (nSPS) is 10.6. The minimum Gasteiger partial charge on any atom is -0.491 e. The van der Waals surface area contributed by atoms with Crippen LogP contribution in [0.25, 0.3) is 0 Å². The molecule has 5 nitrogen and oxygen atoms in total. The molecule has 6 heteroatoms. The molecule has 98 valence electrons. The van der Waals surface area contributed by atoms with Gasteiger partial charge < -0.3 is 9.84 Å². The Kier molecular flexibility index (Phi) is 5.62. The summed E-state index contributed by atoms with van der Waals surface area (Å²) in [6.45, 7) is 1.47. The molecule has 1 heterocycles. The average molecular weight is 269 g/mol. The Morgan fingerprint density at radius 1 is 1.44 bits per heavy atom. The lowest BCUT2D eigenvalue weighted by atomic mass is 10.3. The summed E-state index contributed by atoms with van der Waals surface area (Å²) in [6.07, 6.45) is 3.03. The lowest BCUT2D eigenvalue weighted by Crippen LogP contribution is -2.15. The first kappa shape index (κ1) is 14.5. The smallest absolute Gasteiger partial charge is 0.153 e.